The Balaban J connectivity index is 1.84. The summed E-state index contributed by atoms with van der Waals surface area (Å²) in [6.07, 6.45) is 7.33. The van der Waals surface area contributed by atoms with Gasteiger partial charge < -0.3 is 9.88 Å². The van der Waals surface area contributed by atoms with Crippen molar-refractivity contribution in [2.24, 2.45) is 0 Å². The highest BCUT2D eigenvalue weighted by atomic mass is 79.9. The summed E-state index contributed by atoms with van der Waals surface area (Å²) in [7, 11) is 0. The second-order valence-corrected chi connectivity index (χ2v) is 6.88. The van der Waals surface area contributed by atoms with Crippen molar-refractivity contribution in [3.8, 4) is 0 Å². The van der Waals surface area contributed by atoms with Crippen molar-refractivity contribution in [2.45, 2.75) is 51.6 Å². The van der Waals surface area contributed by atoms with E-state index in [1.54, 1.807) is 0 Å². The van der Waals surface area contributed by atoms with E-state index in [-0.39, 0.29) is 6.04 Å². The summed E-state index contributed by atoms with van der Waals surface area (Å²) in [5.74, 6) is 1.01. The van der Waals surface area contributed by atoms with Crippen LogP contribution < -0.4 is 5.32 Å². The number of anilines is 1. The Hall–Kier alpha value is -1.29. The average Bonchev–Trinajstić information content (AvgIpc) is 3.09. The molecule has 1 aromatic heterocycles. The first-order chi connectivity index (χ1) is 10.1. The second kappa shape index (κ2) is 6.22. The number of halogens is 1. The van der Waals surface area contributed by atoms with Gasteiger partial charge in [0.1, 0.15) is 0 Å². The second-order valence-electron chi connectivity index (χ2n) is 5.97. The lowest BCUT2D eigenvalue weighted by Crippen LogP contribution is -2.19. The van der Waals surface area contributed by atoms with Gasteiger partial charge in [-0.2, -0.15) is 0 Å². The molecule has 2 aromatic rings. The summed E-state index contributed by atoms with van der Waals surface area (Å²) in [6, 6.07) is 9.40. The molecule has 1 aliphatic carbocycles. The lowest BCUT2D eigenvalue weighted by molar-refractivity contribution is 0.629. The summed E-state index contributed by atoms with van der Waals surface area (Å²) >= 11 is 3.50. The van der Waals surface area contributed by atoms with Crippen LogP contribution in [0.4, 0.5) is 5.95 Å². The summed E-state index contributed by atoms with van der Waals surface area (Å²) < 4.78 is 3.38. The standard InChI is InChI=1S/C17H22BrN3/c1-12-11-21(13(2)14-7-9-15(18)10-8-14)17(19-12)20-16-5-3-4-6-16/h7-11,13,16H,3-6H2,1-2H3,(H,19,20). The molecule has 0 saturated heterocycles. The Kier molecular flexibility index (Phi) is 4.34. The van der Waals surface area contributed by atoms with Crippen molar-refractivity contribution in [3.05, 3.63) is 46.2 Å². The predicted molar refractivity (Wildman–Crippen MR) is 90.8 cm³/mol. The van der Waals surface area contributed by atoms with E-state index in [2.05, 4.69) is 75.1 Å². The third-order valence-electron chi connectivity index (χ3n) is 4.31. The number of nitrogens with zero attached hydrogens (tertiary/aromatic N) is 2. The maximum atomic E-state index is 4.68. The molecule has 1 fully saturated rings. The van der Waals surface area contributed by atoms with Gasteiger partial charge in [0.05, 0.1) is 11.7 Å². The van der Waals surface area contributed by atoms with E-state index in [1.807, 2.05) is 0 Å². The van der Waals surface area contributed by atoms with Crippen LogP contribution in [0.25, 0.3) is 0 Å². The molecule has 1 unspecified atom stereocenters. The molecule has 0 amide bonds. The van der Waals surface area contributed by atoms with Gasteiger partial charge >= 0.3 is 0 Å². The van der Waals surface area contributed by atoms with E-state index < -0.39 is 0 Å². The van der Waals surface area contributed by atoms with Crippen LogP contribution in [-0.2, 0) is 0 Å². The zero-order valence-electron chi connectivity index (χ0n) is 12.6. The molecule has 4 heteroatoms. The SMILES string of the molecule is Cc1cn(C(C)c2ccc(Br)cc2)c(NC2CCCC2)n1. The van der Waals surface area contributed by atoms with Gasteiger partial charge in [-0.3, -0.25) is 0 Å². The number of hydrogen-bond acceptors (Lipinski definition) is 2. The first kappa shape index (κ1) is 14.6. The number of aromatic nitrogens is 2. The van der Waals surface area contributed by atoms with Gasteiger partial charge in [0.2, 0.25) is 5.95 Å². The van der Waals surface area contributed by atoms with Crippen LogP contribution in [0.15, 0.2) is 34.9 Å². The minimum absolute atomic E-state index is 0.281. The Morgan fingerprint density at radius 1 is 1.24 bits per heavy atom. The van der Waals surface area contributed by atoms with Crippen molar-refractivity contribution in [3.63, 3.8) is 0 Å². The molecule has 112 valence electrons. The number of aryl methyl sites for hydroxylation is 1. The predicted octanol–water partition coefficient (Wildman–Crippen LogP) is 4.92. The minimum Gasteiger partial charge on any atom is -0.353 e. The molecule has 3 rings (SSSR count). The lowest BCUT2D eigenvalue weighted by atomic mass is 10.1. The number of nitrogens with one attached hydrogen (secondary N) is 1. The molecular weight excluding hydrogens is 326 g/mol. The third kappa shape index (κ3) is 3.31. The summed E-state index contributed by atoms with van der Waals surface area (Å²) in [6.45, 7) is 4.29. The fourth-order valence-electron chi connectivity index (χ4n) is 3.07. The van der Waals surface area contributed by atoms with Gasteiger partial charge in [-0.25, -0.2) is 4.98 Å². The quantitative estimate of drug-likeness (QED) is 0.850. The molecule has 1 aliphatic rings. The minimum atomic E-state index is 0.281. The summed E-state index contributed by atoms with van der Waals surface area (Å²) in [5, 5.41) is 3.63. The molecule has 1 atom stereocenters. The normalized spacial score (nSPS) is 17.1. The number of hydrogen-bond donors (Lipinski definition) is 1. The number of benzene rings is 1. The first-order valence-electron chi connectivity index (χ1n) is 7.71. The van der Waals surface area contributed by atoms with E-state index in [0.717, 1.165) is 16.1 Å². The highest BCUT2D eigenvalue weighted by Gasteiger charge is 2.19. The zero-order chi connectivity index (χ0) is 14.8. The van der Waals surface area contributed by atoms with Gasteiger partial charge in [0, 0.05) is 16.7 Å². The van der Waals surface area contributed by atoms with Crippen LogP contribution in [0.2, 0.25) is 0 Å². The molecule has 0 aliphatic heterocycles. The van der Waals surface area contributed by atoms with E-state index >= 15 is 0 Å². The highest BCUT2D eigenvalue weighted by Crippen LogP contribution is 2.27. The van der Waals surface area contributed by atoms with Crippen LogP contribution in [0.3, 0.4) is 0 Å². The van der Waals surface area contributed by atoms with E-state index in [0.29, 0.717) is 6.04 Å². The molecule has 1 saturated carbocycles. The van der Waals surface area contributed by atoms with Crippen LogP contribution in [0.1, 0.15) is 49.9 Å². The smallest absolute Gasteiger partial charge is 0.203 e. The van der Waals surface area contributed by atoms with E-state index in [9.17, 15) is 0 Å². The van der Waals surface area contributed by atoms with Gasteiger partial charge in [-0.05, 0) is 44.4 Å². The van der Waals surface area contributed by atoms with Gasteiger partial charge in [-0.1, -0.05) is 40.9 Å². The maximum Gasteiger partial charge on any atom is 0.203 e. The highest BCUT2D eigenvalue weighted by molar-refractivity contribution is 9.10. The number of rotatable bonds is 4. The first-order valence-corrected chi connectivity index (χ1v) is 8.50. The topological polar surface area (TPSA) is 29.9 Å². The van der Waals surface area contributed by atoms with Crippen molar-refractivity contribution in [2.75, 3.05) is 5.32 Å². The third-order valence-corrected chi connectivity index (χ3v) is 4.84. The van der Waals surface area contributed by atoms with Crippen molar-refractivity contribution >= 4 is 21.9 Å². The zero-order valence-corrected chi connectivity index (χ0v) is 14.2. The van der Waals surface area contributed by atoms with Crippen molar-refractivity contribution in [1.82, 2.24) is 9.55 Å². The molecule has 1 heterocycles. The molecule has 1 N–H and O–H groups in total. The Morgan fingerprint density at radius 3 is 2.57 bits per heavy atom. The Morgan fingerprint density at radius 2 is 1.90 bits per heavy atom. The van der Waals surface area contributed by atoms with Gasteiger partial charge in [0.25, 0.3) is 0 Å². The van der Waals surface area contributed by atoms with Crippen molar-refractivity contribution < 1.29 is 0 Å². The summed E-state index contributed by atoms with van der Waals surface area (Å²) in [5.41, 5.74) is 2.37. The largest absolute Gasteiger partial charge is 0.353 e. The van der Waals surface area contributed by atoms with E-state index in [1.165, 1.54) is 31.2 Å². The monoisotopic (exact) mass is 347 g/mol. The van der Waals surface area contributed by atoms with Crippen LogP contribution in [-0.4, -0.2) is 15.6 Å². The van der Waals surface area contributed by atoms with Crippen LogP contribution in [0, 0.1) is 6.92 Å². The van der Waals surface area contributed by atoms with E-state index in [4.69, 9.17) is 0 Å². The molecule has 0 radical (unpaired) electrons. The molecule has 3 nitrogen and oxygen atoms in total. The molecule has 21 heavy (non-hydrogen) atoms. The number of imidazole rings is 1. The fraction of sp³-hybridized carbons (Fsp3) is 0.471. The Bertz CT molecular complexity index is 597. The summed E-state index contributed by atoms with van der Waals surface area (Å²) in [4.78, 5) is 4.68. The fourth-order valence-corrected chi connectivity index (χ4v) is 3.34. The molecule has 0 spiro atoms. The molecular formula is C17H22BrN3. The maximum absolute atomic E-state index is 4.68. The molecule has 0 bridgehead atoms. The van der Waals surface area contributed by atoms with Gasteiger partial charge in [-0.15, -0.1) is 0 Å². The molecule has 1 aromatic carbocycles. The Labute approximate surface area is 134 Å². The lowest BCUT2D eigenvalue weighted by Gasteiger charge is -2.20. The van der Waals surface area contributed by atoms with Crippen molar-refractivity contribution in [1.29, 1.82) is 0 Å². The average molecular weight is 348 g/mol. The van der Waals surface area contributed by atoms with Crippen LogP contribution in [0.5, 0.6) is 0 Å². The van der Waals surface area contributed by atoms with Gasteiger partial charge in [0.15, 0.2) is 0 Å². The van der Waals surface area contributed by atoms with Crippen LogP contribution >= 0.6 is 15.9 Å².